The fourth-order valence-corrected chi connectivity index (χ4v) is 6.58. The van der Waals surface area contributed by atoms with Crippen molar-refractivity contribution in [3.05, 3.63) is 58.0 Å². The van der Waals surface area contributed by atoms with Gasteiger partial charge in [0.25, 0.3) is 5.91 Å². The molecule has 9 heteroatoms. The van der Waals surface area contributed by atoms with Gasteiger partial charge in [0.2, 0.25) is 5.91 Å². The Labute approximate surface area is 236 Å². The minimum atomic E-state index is -0.453. The molecular weight excluding hydrogens is 523 g/mol. The molecule has 0 spiro atoms. The van der Waals surface area contributed by atoms with E-state index in [1.54, 1.807) is 21.9 Å². The van der Waals surface area contributed by atoms with E-state index in [0.29, 0.717) is 28.4 Å². The monoisotopic (exact) mass is 562 g/mol. The highest BCUT2D eigenvalue weighted by Crippen LogP contribution is 2.37. The number of hydrogen-bond acceptors (Lipinski definition) is 5. The highest BCUT2D eigenvalue weighted by atomic mass is 35.5. The predicted molar refractivity (Wildman–Crippen MR) is 152 cm³/mol. The highest BCUT2D eigenvalue weighted by Gasteiger charge is 2.48. The summed E-state index contributed by atoms with van der Waals surface area (Å²) in [6.45, 7) is 3.18. The summed E-state index contributed by atoms with van der Waals surface area (Å²) in [5.74, 6) is 0.458. The topological polar surface area (TPSA) is 69.0 Å². The molecule has 4 rings (SSSR count). The molecule has 208 valence electrons. The molecule has 0 bridgehead atoms. The maximum Gasteiger partial charge on any atom is 0.289 e. The number of likely N-dealkylation sites (N-methyl/N-ethyl adjacent to an activating group) is 2. The molecule has 2 unspecified atom stereocenters. The normalized spacial score (nSPS) is 20.6. The number of carbonyl (C=O) groups excluding carboxylic acids is 2. The first kappa shape index (κ1) is 28.9. The van der Waals surface area contributed by atoms with Gasteiger partial charge in [0.1, 0.15) is 5.54 Å². The van der Waals surface area contributed by atoms with E-state index in [1.807, 2.05) is 39.3 Å². The number of furan rings is 1. The number of halogens is 2. The van der Waals surface area contributed by atoms with E-state index in [1.165, 1.54) is 12.7 Å². The van der Waals surface area contributed by atoms with Crippen LogP contribution < -0.4 is 5.32 Å². The first-order valence-electron chi connectivity index (χ1n) is 13.7. The first-order chi connectivity index (χ1) is 18.2. The lowest BCUT2D eigenvalue weighted by atomic mass is 9.80. The van der Waals surface area contributed by atoms with Gasteiger partial charge in [-0.15, -0.1) is 0 Å². The van der Waals surface area contributed by atoms with Crippen LogP contribution in [0.25, 0.3) is 0 Å². The van der Waals surface area contributed by atoms with Crippen molar-refractivity contribution in [3.8, 4) is 0 Å². The Morgan fingerprint density at radius 3 is 2.55 bits per heavy atom. The largest absolute Gasteiger partial charge is 0.459 e. The Balaban J connectivity index is 1.56. The van der Waals surface area contributed by atoms with Crippen molar-refractivity contribution in [1.29, 1.82) is 0 Å². The van der Waals surface area contributed by atoms with Crippen molar-refractivity contribution in [1.82, 2.24) is 20.0 Å². The molecule has 2 aliphatic heterocycles. The molecule has 7 nitrogen and oxygen atoms in total. The molecule has 2 atom stereocenters. The van der Waals surface area contributed by atoms with E-state index in [-0.39, 0.29) is 17.7 Å². The first-order valence-corrected chi connectivity index (χ1v) is 14.4. The van der Waals surface area contributed by atoms with Crippen LogP contribution >= 0.6 is 23.2 Å². The molecule has 2 aliphatic rings. The third kappa shape index (κ3) is 6.39. The SMILES string of the molecule is CN(C)C(=O)C1(N2CCCCC2CCC(CN(C)C(=O)c2ccco2)c2ccc(Cl)c(Cl)c2)CCNCC1. The Morgan fingerprint density at radius 1 is 1.13 bits per heavy atom. The molecule has 3 heterocycles. The fourth-order valence-electron chi connectivity index (χ4n) is 6.27. The van der Waals surface area contributed by atoms with Gasteiger partial charge >= 0.3 is 0 Å². The Kier molecular flexibility index (Phi) is 9.79. The van der Waals surface area contributed by atoms with Gasteiger partial charge in [0.15, 0.2) is 5.76 Å². The number of piperidine rings is 2. The van der Waals surface area contributed by atoms with Crippen molar-refractivity contribution in [2.45, 2.75) is 62.4 Å². The maximum absolute atomic E-state index is 13.6. The summed E-state index contributed by atoms with van der Waals surface area (Å²) in [6.07, 6.45) is 8.33. The summed E-state index contributed by atoms with van der Waals surface area (Å²) in [4.78, 5) is 32.6. The van der Waals surface area contributed by atoms with Gasteiger partial charge in [-0.2, -0.15) is 0 Å². The molecule has 0 radical (unpaired) electrons. The van der Waals surface area contributed by atoms with Gasteiger partial charge in [-0.1, -0.05) is 35.7 Å². The Hall–Kier alpha value is -2.06. The highest BCUT2D eigenvalue weighted by molar-refractivity contribution is 6.42. The number of likely N-dealkylation sites (tertiary alicyclic amines) is 1. The van der Waals surface area contributed by atoms with Crippen LogP contribution in [-0.4, -0.2) is 85.4 Å². The lowest BCUT2D eigenvalue weighted by Crippen LogP contribution is -2.66. The molecule has 1 N–H and O–H groups in total. The minimum Gasteiger partial charge on any atom is -0.459 e. The molecule has 2 fully saturated rings. The Morgan fingerprint density at radius 2 is 1.89 bits per heavy atom. The van der Waals surface area contributed by atoms with Gasteiger partial charge in [0.05, 0.1) is 16.3 Å². The number of nitrogens with one attached hydrogen (secondary N) is 1. The summed E-state index contributed by atoms with van der Waals surface area (Å²) < 4.78 is 5.35. The van der Waals surface area contributed by atoms with Crippen LogP contribution in [0.1, 0.15) is 67.0 Å². The van der Waals surface area contributed by atoms with Crippen LogP contribution in [0.4, 0.5) is 0 Å². The average Bonchev–Trinajstić information content (AvgIpc) is 3.47. The molecule has 2 amide bonds. The summed E-state index contributed by atoms with van der Waals surface area (Å²) in [5, 5.41) is 4.48. The number of hydrogen-bond donors (Lipinski definition) is 1. The van der Waals surface area contributed by atoms with Crippen molar-refractivity contribution >= 4 is 35.0 Å². The smallest absolute Gasteiger partial charge is 0.289 e. The van der Waals surface area contributed by atoms with Gasteiger partial charge < -0.3 is 19.5 Å². The van der Waals surface area contributed by atoms with E-state index >= 15 is 0 Å². The zero-order valence-corrected chi connectivity index (χ0v) is 24.2. The molecule has 2 saturated heterocycles. The number of nitrogens with zero attached hydrogens (tertiary/aromatic N) is 3. The molecule has 0 aliphatic carbocycles. The van der Waals surface area contributed by atoms with Crippen LogP contribution in [-0.2, 0) is 4.79 Å². The van der Waals surface area contributed by atoms with E-state index in [2.05, 4.69) is 10.2 Å². The van der Waals surface area contributed by atoms with Gasteiger partial charge in [-0.3, -0.25) is 14.5 Å². The van der Waals surface area contributed by atoms with Crippen molar-refractivity contribution < 1.29 is 14.0 Å². The van der Waals surface area contributed by atoms with Crippen LogP contribution in [0.15, 0.2) is 41.0 Å². The average molecular weight is 564 g/mol. The van der Waals surface area contributed by atoms with Crippen molar-refractivity contribution in [2.75, 3.05) is 47.3 Å². The molecule has 38 heavy (non-hydrogen) atoms. The second-order valence-electron chi connectivity index (χ2n) is 10.9. The predicted octanol–water partition coefficient (Wildman–Crippen LogP) is 5.29. The summed E-state index contributed by atoms with van der Waals surface area (Å²) in [6, 6.07) is 9.47. The second kappa shape index (κ2) is 12.9. The molecule has 2 aromatic rings. The van der Waals surface area contributed by atoms with Crippen LogP contribution in [0.3, 0.4) is 0 Å². The maximum atomic E-state index is 13.6. The van der Waals surface area contributed by atoms with Crippen LogP contribution in [0.5, 0.6) is 0 Å². The summed E-state index contributed by atoms with van der Waals surface area (Å²) in [7, 11) is 5.55. The number of benzene rings is 1. The third-order valence-electron chi connectivity index (χ3n) is 8.25. The standard InChI is InChI=1S/C29H40Cl2N4O3/c1-33(2)28(37)29(13-15-32-16-14-29)35-17-5-4-7-23(35)11-9-22(21-10-12-24(30)25(31)19-21)20-34(3)27(36)26-8-6-18-38-26/h6,8,10,12,18-19,22-23,32H,4-5,7,9,11,13-17,20H2,1-3H3. The zero-order valence-electron chi connectivity index (χ0n) is 22.7. The quantitative estimate of drug-likeness (QED) is 0.449. The van der Waals surface area contributed by atoms with E-state index < -0.39 is 5.54 Å². The van der Waals surface area contributed by atoms with Gasteiger partial charge in [-0.05, 0) is 88.0 Å². The Bertz CT molecular complexity index is 1090. The second-order valence-corrected chi connectivity index (χ2v) is 11.7. The molecule has 0 saturated carbocycles. The number of amides is 2. The summed E-state index contributed by atoms with van der Waals surface area (Å²) in [5.41, 5.74) is 0.604. The molecule has 1 aromatic heterocycles. The lowest BCUT2D eigenvalue weighted by Gasteiger charge is -2.51. The van der Waals surface area contributed by atoms with Gasteiger partial charge in [0, 0.05) is 39.6 Å². The van der Waals surface area contributed by atoms with Gasteiger partial charge in [-0.25, -0.2) is 0 Å². The minimum absolute atomic E-state index is 0.0611. The van der Waals surface area contributed by atoms with E-state index in [9.17, 15) is 9.59 Å². The van der Waals surface area contributed by atoms with E-state index in [0.717, 1.165) is 63.7 Å². The molecular formula is C29H40Cl2N4O3. The zero-order chi connectivity index (χ0) is 27.3. The fraction of sp³-hybridized carbons (Fsp3) is 0.586. The van der Waals surface area contributed by atoms with E-state index in [4.69, 9.17) is 27.6 Å². The summed E-state index contributed by atoms with van der Waals surface area (Å²) >= 11 is 12.6. The van der Waals surface area contributed by atoms with Crippen LogP contribution in [0.2, 0.25) is 10.0 Å². The van der Waals surface area contributed by atoms with Crippen LogP contribution in [0, 0.1) is 0 Å². The number of rotatable bonds is 9. The van der Waals surface area contributed by atoms with Crippen molar-refractivity contribution in [2.24, 2.45) is 0 Å². The van der Waals surface area contributed by atoms with Crippen molar-refractivity contribution in [3.63, 3.8) is 0 Å². The number of carbonyl (C=O) groups is 2. The molecule has 1 aromatic carbocycles. The third-order valence-corrected chi connectivity index (χ3v) is 8.99. The lowest BCUT2D eigenvalue weighted by molar-refractivity contribution is -0.148.